The van der Waals surface area contributed by atoms with Crippen molar-refractivity contribution in [1.82, 2.24) is 0 Å². The second kappa shape index (κ2) is 3.32. The van der Waals surface area contributed by atoms with Crippen LogP contribution in [-0.4, -0.2) is 22.7 Å². The van der Waals surface area contributed by atoms with E-state index < -0.39 is 13.4 Å². The maximum atomic E-state index is 10.4. The largest absolute Gasteiger partial charge is 0.369 e. The van der Waals surface area contributed by atoms with E-state index in [1.165, 1.54) is 7.11 Å². The lowest BCUT2D eigenvalue weighted by atomic mass is 10.5. The van der Waals surface area contributed by atoms with Crippen LogP contribution in [0.5, 0.6) is 0 Å². The molecule has 1 unspecified atom stereocenters. The quantitative estimate of drug-likeness (QED) is 0.582. The first-order valence-corrected chi connectivity index (χ1v) is 4.28. The smallest absolute Gasteiger partial charge is 0.354 e. The Morgan fingerprint density at radius 2 is 2.11 bits per heavy atom. The van der Waals surface area contributed by atoms with Gasteiger partial charge in [-0.15, -0.1) is 0 Å². The molecule has 0 aliphatic rings. The van der Waals surface area contributed by atoms with Gasteiger partial charge in [-0.3, -0.25) is 4.57 Å². The van der Waals surface area contributed by atoms with E-state index in [9.17, 15) is 4.57 Å². The Hall–Kier alpha value is 0.110. The lowest BCUT2D eigenvalue weighted by molar-refractivity contribution is 0.133. The van der Waals surface area contributed by atoms with Crippen molar-refractivity contribution < 1.29 is 19.1 Å². The third-order valence-electron chi connectivity index (χ3n) is 0.996. The predicted octanol–water partition coefficient (Wildman–Crippen LogP) is 0.547. The normalized spacial score (nSPS) is 15.6. The van der Waals surface area contributed by atoms with Gasteiger partial charge in [0.25, 0.3) is 0 Å². The molecule has 0 aromatic heterocycles. The number of hydrogen-bond donors (Lipinski definition) is 2. The minimum atomic E-state index is -4.00. The molecule has 0 rings (SSSR count). The second-order valence-electron chi connectivity index (χ2n) is 1.69. The number of hydrogen-bond acceptors (Lipinski definition) is 2. The van der Waals surface area contributed by atoms with E-state index in [1.54, 1.807) is 6.92 Å². The summed E-state index contributed by atoms with van der Waals surface area (Å²) in [7, 11) is -2.71. The highest BCUT2D eigenvalue weighted by molar-refractivity contribution is 7.52. The molecule has 9 heavy (non-hydrogen) atoms. The topological polar surface area (TPSA) is 66.8 Å². The Kier molecular flexibility index (Phi) is 3.36. The molecule has 0 aliphatic heterocycles. The summed E-state index contributed by atoms with van der Waals surface area (Å²) in [5.41, 5.74) is 0. The molecule has 5 heteroatoms. The van der Waals surface area contributed by atoms with Crippen molar-refractivity contribution in [3.63, 3.8) is 0 Å². The van der Waals surface area contributed by atoms with Crippen molar-refractivity contribution in [2.24, 2.45) is 0 Å². The highest BCUT2D eigenvalue weighted by Crippen LogP contribution is 2.42. The number of rotatable bonds is 3. The minimum Gasteiger partial charge on any atom is -0.369 e. The van der Waals surface area contributed by atoms with Crippen LogP contribution in [0.4, 0.5) is 0 Å². The minimum absolute atomic E-state index is 0.334. The average Bonchev–Trinajstić information content (AvgIpc) is 1.65. The van der Waals surface area contributed by atoms with E-state index in [0.717, 1.165) is 0 Å². The van der Waals surface area contributed by atoms with Crippen molar-refractivity contribution in [3.05, 3.63) is 0 Å². The maximum Gasteiger partial charge on any atom is 0.354 e. The molecule has 0 saturated carbocycles. The predicted molar refractivity (Wildman–Crippen MR) is 33.1 cm³/mol. The van der Waals surface area contributed by atoms with E-state index >= 15 is 0 Å². The van der Waals surface area contributed by atoms with Gasteiger partial charge in [0.15, 0.2) is 5.85 Å². The molecule has 0 radical (unpaired) electrons. The SMILES string of the molecule is CCC(OC)P(=O)(O)O. The molecule has 0 saturated heterocycles. The van der Waals surface area contributed by atoms with Crippen molar-refractivity contribution in [1.29, 1.82) is 0 Å². The highest BCUT2D eigenvalue weighted by Gasteiger charge is 2.25. The molecule has 0 heterocycles. The van der Waals surface area contributed by atoms with Gasteiger partial charge in [0, 0.05) is 7.11 Å². The Bertz CT molecular complexity index is 114. The van der Waals surface area contributed by atoms with Gasteiger partial charge in [0.1, 0.15) is 0 Å². The molecule has 2 N–H and O–H groups in total. The summed E-state index contributed by atoms with van der Waals surface area (Å²) >= 11 is 0. The average molecular weight is 154 g/mol. The van der Waals surface area contributed by atoms with Crippen LogP contribution in [0.2, 0.25) is 0 Å². The summed E-state index contributed by atoms with van der Waals surface area (Å²) in [5, 5.41) is 0. The molecule has 0 amide bonds. The van der Waals surface area contributed by atoms with Crippen LogP contribution in [0.15, 0.2) is 0 Å². The summed E-state index contributed by atoms with van der Waals surface area (Å²) in [4.78, 5) is 16.9. The van der Waals surface area contributed by atoms with Crippen molar-refractivity contribution >= 4 is 7.60 Å². The van der Waals surface area contributed by atoms with Crippen molar-refractivity contribution in [2.75, 3.05) is 7.11 Å². The van der Waals surface area contributed by atoms with E-state index in [0.29, 0.717) is 6.42 Å². The van der Waals surface area contributed by atoms with Gasteiger partial charge in [-0.1, -0.05) is 6.92 Å². The molecule has 56 valence electrons. The van der Waals surface area contributed by atoms with Crippen LogP contribution in [0.25, 0.3) is 0 Å². The van der Waals surface area contributed by atoms with Crippen LogP contribution in [-0.2, 0) is 9.30 Å². The fourth-order valence-electron chi connectivity index (χ4n) is 0.542. The summed E-state index contributed by atoms with van der Waals surface area (Å²) in [5.74, 6) is -0.933. The Labute approximate surface area is 54.0 Å². The monoisotopic (exact) mass is 154 g/mol. The van der Waals surface area contributed by atoms with Crippen LogP contribution in [0, 0.1) is 0 Å². The van der Waals surface area contributed by atoms with E-state index in [-0.39, 0.29) is 0 Å². The summed E-state index contributed by atoms with van der Waals surface area (Å²) in [6.07, 6.45) is 0.334. The zero-order chi connectivity index (χ0) is 7.49. The van der Waals surface area contributed by atoms with Gasteiger partial charge in [-0.05, 0) is 6.42 Å². The molecule has 0 fully saturated rings. The Balaban J connectivity index is 3.96. The zero-order valence-electron chi connectivity index (χ0n) is 5.44. The lowest BCUT2D eigenvalue weighted by Crippen LogP contribution is -2.08. The second-order valence-corrected chi connectivity index (χ2v) is 3.44. The van der Waals surface area contributed by atoms with E-state index in [4.69, 9.17) is 9.79 Å². The Morgan fingerprint density at radius 1 is 1.67 bits per heavy atom. The fraction of sp³-hybridized carbons (Fsp3) is 1.00. The molecule has 0 aliphatic carbocycles. The van der Waals surface area contributed by atoms with Gasteiger partial charge in [-0.2, -0.15) is 0 Å². The first kappa shape index (κ1) is 9.11. The summed E-state index contributed by atoms with van der Waals surface area (Å²) in [6, 6.07) is 0. The van der Waals surface area contributed by atoms with Gasteiger partial charge in [0.2, 0.25) is 0 Å². The molecule has 4 nitrogen and oxygen atoms in total. The van der Waals surface area contributed by atoms with Crippen LogP contribution in [0.1, 0.15) is 13.3 Å². The van der Waals surface area contributed by atoms with E-state index in [2.05, 4.69) is 4.74 Å². The molecule has 0 aromatic rings. The van der Waals surface area contributed by atoms with Crippen molar-refractivity contribution in [2.45, 2.75) is 19.2 Å². The molecular weight excluding hydrogens is 143 g/mol. The van der Waals surface area contributed by atoms with Gasteiger partial charge < -0.3 is 14.5 Å². The highest BCUT2D eigenvalue weighted by atomic mass is 31.2. The Morgan fingerprint density at radius 3 is 2.11 bits per heavy atom. The molecule has 0 spiro atoms. The standard InChI is InChI=1S/C4H11O4P/c1-3-4(8-2)9(5,6)7/h4H,3H2,1-2H3,(H2,5,6,7). The third-order valence-corrected chi connectivity index (χ3v) is 2.32. The number of ether oxygens (including phenoxy) is 1. The van der Waals surface area contributed by atoms with Crippen LogP contribution >= 0.6 is 7.60 Å². The summed E-state index contributed by atoms with van der Waals surface area (Å²) in [6.45, 7) is 1.66. The third kappa shape index (κ3) is 2.96. The maximum absolute atomic E-state index is 10.4. The van der Waals surface area contributed by atoms with Crippen LogP contribution in [0.3, 0.4) is 0 Å². The summed E-state index contributed by atoms with van der Waals surface area (Å²) < 4.78 is 14.9. The lowest BCUT2D eigenvalue weighted by Gasteiger charge is -2.13. The number of methoxy groups -OCH3 is 1. The molecule has 1 atom stereocenters. The van der Waals surface area contributed by atoms with Crippen molar-refractivity contribution in [3.8, 4) is 0 Å². The van der Waals surface area contributed by atoms with Crippen LogP contribution < -0.4 is 0 Å². The molecular formula is C4H11O4P. The zero-order valence-corrected chi connectivity index (χ0v) is 6.34. The van der Waals surface area contributed by atoms with E-state index in [1.807, 2.05) is 0 Å². The first-order valence-electron chi connectivity index (χ1n) is 2.60. The molecule has 0 aromatic carbocycles. The van der Waals surface area contributed by atoms with Gasteiger partial charge in [-0.25, -0.2) is 0 Å². The van der Waals surface area contributed by atoms with Gasteiger partial charge in [0.05, 0.1) is 0 Å². The fourth-order valence-corrected chi connectivity index (χ4v) is 1.29. The van der Waals surface area contributed by atoms with Gasteiger partial charge >= 0.3 is 7.60 Å². The molecule has 0 bridgehead atoms. The first-order chi connectivity index (χ1) is 4.02.